The van der Waals surface area contributed by atoms with Crippen molar-refractivity contribution < 1.29 is 14.7 Å². The van der Waals surface area contributed by atoms with Crippen LogP contribution in [-0.2, 0) is 11.8 Å². The summed E-state index contributed by atoms with van der Waals surface area (Å²) in [6.45, 7) is 2.71. The van der Waals surface area contributed by atoms with Gasteiger partial charge in [-0.3, -0.25) is 14.3 Å². The van der Waals surface area contributed by atoms with Crippen LogP contribution in [0.4, 0.5) is 0 Å². The predicted octanol–water partition coefficient (Wildman–Crippen LogP) is 2.26. The summed E-state index contributed by atoms with van der Waals surface area (Å²) < 4.78 is 1.71. The molecule has 1 aromatic rings. The van der Waals surface area contributed by atoms with Crippen LogP contribution in [0.1, 0.15) is 61.0 Å². The van der Waals surface area contributed by atoms with Crippen molar-refractivity contribution in [2.45, 2.75) is 44.9 Å². The number of carbonyl (C=O) groups is 2. The molecule has 0 radical (unpaired) electrons. The monoisotopic (exact) mass is 319 g/mol. The molecule has 1 aliphatic heterocycles. The van der Waals surface area contributed by atoms with Crippen molar-refractivity contribution in [1.82, 2.24) is 14.7 Å². The summed E-state index contributed by atoms with van der Waals surface area (Å²) >= 11 is 0. The second-order valence-corrected chi connectivity index (χ2v) is 7.07. The summed E-state index contributed by atoms with van der Waals surface area (Å²) in [6, 6.07) is 0. The molecular weight excluding hydrogens is 294 g/mol. The zero-order chi connectivity index (χ0) is 16.6. The third-order valence-electron chi connectivity index (χ3n) is 5.30. The number of amides is 1. The highest BCUT2D eigenvalue weighted by Crippen LogP contribution is 2.34. The van der Waals surface area contributed by atoms with Crippen LogP contribution < -0.4 is 0 Å². The minimum Gasteiger partial charge on any atom is -0.481 e. The first-order chi connectivity index (χ1) is 11.0. The minimum atomic E-state index is -0.813. The highest BCUT2D eigenvalue weighted by Gasteiger charge is 2.38. The molecule has 2 heterocycles. The molecule has 0 aromatic carbocycles. The van der Waals surface area contributed by atoms with E-state index in [1.165, 1.54) is 19.3 Å². The summed E-state index contributed by atoms with van der Waals surface area (Å²) in [4.78, 5) is 25.9. The van der Waals surface area contributed by atoms with Crippen LogP contribution in [0, 0.1) is 11.8 Å². The Morgan fingerprint density at radius 3 is 2.52 bits per heavy atom. The first-order valence-corrected chi connectivity index (χ1v) is 8.53. The van der Waals surface area contributed by atoms with Crippen LogP contribution in [0.25, 0.3) is 0 Å². The molecule has 0 bridgehead atoms. The molecule has 2 atom stereocenters. The number of aryl methyl sites for hydroxylation is 1. The first-order valence-electron chi connectivity index (χ1n) is 8.53. The lowest BCUT2D eigenvalue weighted by molar-refractivity contribution is -0.142. The number of carbonyl (C=O) groups excluding carboxylic acids is 1. The average molecular weight is 319 g/mol. The summed E-state index contributed by atoms with van der Waals surface area (Å²) in [5, 5.41) is 13.8. The Morgan fingerprint density at radius 2 is 1.91 bits per heavy atom. The Bertz CT molecular complexity index is 604. The fourth-order valence-electron chi connectivity index (χ4n) is 3.97. The molecule has 23 heavy (non-hydrogen) atoms. The molecule has 1 aliphatic carbocycles. The molecule has 1 aromatic heterocycles. The van der Waals surface area contributed by atoms with Crippen LogP contribution in [-0.4, -0.2) is 44.8 Å². The normalized spacial score (nSPS) is 25.7. The van der Waals surface area contributed by atoms with E-state index >= 15 is 0 Å². The highest BCUT2D eigenvalue weighted by molar-refractivity contribution is 5.96. The number of carboxylic acid groups (broad SMARTS) is 1. The summed E-state index contributed by atoms with van der Waals surface area (Å²) in [7, 11) is 1.84. The van der Waals surface area contributed by atoms with E-state index in [0.29, 0.717) is 24.6 Å². The lowest BCUT2D eigenvalue weighted by Gasteiger charge is -2.22. The summed E-state index contributed by atoms with van der Waals surface area (Å²) in [5.74, 6) is -0.986. The van der Waals surface area contributed by atoms with E-state index in [1.807, 2.05) is 14.0 Å². The van der Waals surface area contributed by atoms with Gasteiger partial charge >= 0.3 is 5.97 Å². The Hall–Kier alpha value is -1.85. The van der Waals surface area contributed by atoms with Gasteiger partial charge in [-0.2, -0.15) is 5.10 Å². The second-order valence-electron chi connectivity index (χ2n) is 7.07. The molecule has 2 fully saturated rings. The summed E-state index contributed by atoms with van der Waals surface area (Å²) in [6.07, 6.45) is 7.62. The van der Waals surface area contributed by atoms with Crippen LogP contribution in [0.15, 0.2) is 6.20 Å². The summed E-state index contributed by atoms with van der Waals surface area (Å²) in [5.41, 5.74) is 1.57. The third-order valence-corrected chi connectivity index (χ3v) is 5.30. The smallest absolute Gasteiger partial charge is 0.308 e. The van der Waals surface area contributed by atoms with Crippen molar-refractivity contribution in [3.8, 4) is 0 Å². The molecule has 3 rings (SSSR count). The molecule has 6 heteroatoms. The number of rotatable bonds is 3. The highest BCUT2D eigenvalue weighted by atomic mass is 16.4. The maximum atomic E-state index is 12.9. The van der Waals surface area contributed by atoms with Crippen molar-refractivity contribution in [3.05, 3.63) is 17.5 Å². The van der Waals surface area contributed by atoms with E-state index in [9.17, 15) is 14.7 Å². The Kier molecular flexibility index (Phi) is 4.41. The molecule has 0 spiro atoms. The van der Waals surface area contributed by atoms with E-state index in [0.717, 1.165) is 18.5 Å². The van der Waals surface area contributed by atoms with E-state index in [1.54, 1.807) is 15.8 Å². The number of hydrogen-bond acceptors (Lipinski definition) is 3. The minimum absolute atomic E-state index is 0.00810. The quantitative estimate of drug-likeness (QED) is 0.927. The average Bonchev–Trinajstić information content (AvgIpc) is 3.11. The molecule has 2 aliphatic rings. The topological polar surface area (TPSA) is 75.4 Å². The van der Waals surface area contributed by atoms with Gasteiger partial charge in [0, 0.05) is 32.3 Å². The zero-order valence-corrected chi connectivity index (χ0v) is 13.9. The number of likely N-dealkylation sites (tertiary alicyclic amines) is 1. The maximum Gasteiger partial charge on any atom is 0.308 e. The Labute approximate surface area is 136 Å². The SMILES string of the molecule is C[C@@H]1CN(C(=O)c2cn(C)nc2C2CCCCC2)C[C@H]1C(=O)O. The number of nitrogens with zero attached hydrogens (tertiary/aromatic N) is 3. The zero-order valence-electron chi connectivity index (χ0n) is 13.9. The van der Waals surface area contributed by atoms with Gasteiger partial charge in [-0.25, -0.2) is 0 Å². The standard InChI is InChI=1S/C17H25N3O3/c1-11-8-20(10-13(11)17(22)23)16(21)14-9-19(2)18-15(14)12-6-4-3-5-7-12/h9,11-13H,3-8,10H2,1-2H3,(H,22,23)/t11-,13-/m1/s1. The molecule has 1 saturated heterocycles. The number of aromatic nitrogens is 2. The van der Waals surface area contributed by atoms with Gasteiger partial charge in [0.2, 0.25) is 0 Å². The predicted molar refractivity (Wildman–Crippen MR) is 85.2 cm³/mol. The van der Waals surface area contributed by atoms with E-state index in [2.05, 4.69) is 5.10 Å². The van der Waals surface area contributed by atoms with E-state index in [4.69, 9.17) is 0 Å². The fraction of sp³-hybridized carbons (Fsp3) is 0.706. The largest absolute Gasteiger partial charge is 0.481 e. The maximum absolute atomic E-state index is 12.9. The third kappa shape index (κ3) is 3.12. The van der Waals surface area contributed by atoms with Gasteiger partial charge in [0.25, 0.3) is 5.91 Å². The number of carboxylic acids is 1. The van der Waals surface area contributed by atoms with Crippen LogP contribution in [0.3, 0.4) is 0 Å². The lowest BCUT2D eigenvalue weighted by atomic mass is 9.85. The van der Waals surface area contributed by atoms with Crippen molar-refractivity contribution in [1.29, 1.82) is 0 Å². The van der Waals surface area contributed by atoms with Crippen LogP contribution >= 0.6 is 0 Å². The lowest BCUT2D eigenvalue weighted by Crippen LogP contribution is -2.30. The Morgan fingerprint density at radius 1 is 1.22 bits per heavy atom. The molecule has 126 valence electrons. The Balaban J connectivity index is 1.81. The van der Waals surface area contributed by atoms with Crippen molar-refractivity contribution >= 4 is 11.9 Å². The van der Waals surface area contributed by atoms with Gasteiger partial charge in [-0.1, -0.05) is 26.2 Å². The number of aliphatic carboxylic acids is 1. The molecule has 6 nitrogen and oxygen atoms in total. The fourth-order valence-corrected chi connectivity index (χ4v) is 3.97. The van der Waals surface area contributed by atoms with E-state index in [-0.39, 0.29) is 11.8 Å². The first kappa shape index (κ1) is 16.0. The second kappa shape index (κ2) is 6.34. The molecule has 1 N–H and O–H groups in total. The molecule has 1 saturated carbocycles. The molecule has 1 amide bonds. The van der Waals surface area contributed by atoms with Gasteiger partial charge < -0.3 is 10.0 Å². The van der Waals surface area contributed by atoms with E-state index < -0.39 is 11.9 Å². The van der Waals surface area contributed by atoms with Crippen molar-refractivity contribution in [2.75, 3.05) is 13.1 Å². The van der Waals surface area contributed by atoms with Gasteiger partial charge in [-0.15, -0.1) is 0 Å². The molecule has 0 unspecified atom stereocenters. The van der Waals surface area contributed by atoms with Crippen LogP contribution in [0.5, 0.6) is 0 Å². The van der Waals surface area contributed by atoms with Crippen molar-refractivity contribution in [3.63, 3.8) is 0 Å². The molecular formula is C17H25N3O3. The van der Waals surface area contributed by atoms with Gasteiger partial charge in [0.05, 0.1) is 17.2 Å². The van der Waals surface area contributed by atoms with Gasteiger partial charge in [0.15, 0.2) is 0 Å². The van der Waals surface area contributed by atoms with Crippen LogP contribution in [0.2, 0.25) is 0 Å². The van der Waals surface area contributed by atoms with Gasteiger partial charge in [-0.05, 0) is 18.8 Å². The van der Waals surface area contributed by atoms with Gasteiger partial charge in [0.1, 0.15) is 0 Å². The number of hydrogen-bond donors (Lipinski definition) is 1. The van der Waals surface area contributed by atoms with Crippen molar-refractivity contribution in [2.24, 2.45) is 18.9 Å².